The standard InChI is InChI=1S/C24H25N3O2S/c1-17-15-18(2)26-24(22(17)23(29)27-20-11-7-4-8-12-20)30-16-21(28)25-14-13-19-9-5-3-6-10-19/h3-12,15H,13-14,16H2,1-2H3,(H,25,28)(H,27,29). The van der Waals surface area contributed by atoms with Crippen molar-refractivity contribution < 1.29 is 9.59 Å². The van der Waals surface area contributed by atoms with Gasteiger partial charge in [0.2, 0.25) is 5.91 Å². The molecule has 6 heteroatoms. The van der Waals surface area contributed by atoms with Crippen LogP contribution in [0, 0.1) is 13.8 Å². The number of aromatic nitrogens is 1. The molecule has 0 saturated carbocycles. The minimum Gasteiger partial charge on any atom is -0.355 e. The average Bonchev–Trinajstić information content (AvgIpc) is 2.73. The van der Waals surface area contributed by atoms with Crippen LogP contribution in [-0.4, -0.2) is 29.1 Å². The summed E-state index contributed by atoms with van der Waals surface area (Å²) in [4.78, 5) is 29.7. The molecule has 0 fully saturated rings. The van der Waals surface area contributed by atoms with Crippen molar-refractivity contribution in [3.8, 4) is 0 Å². The third-order valence-electron chi connectivity index (χ3n) is 4.49. The van der Waals surface area contributed by atoms with Gasteiger partial charge in [-0.1, -0.05) is 60.3 Å². The summed E-state index contributed by atoms with van der Waals surface area (Å²) in [5, 5.41) is 6.41. The third-order valence-corrected chi connectivity index (χ3v) is 5.46. The largest absolute Gasteiger partial charge is 0.355 e. The maximum Gasteiger partial charge on any atom is 0.258 e. The molecular formula is C24H25N3O2S. The van der Waals surface area contributed by atoms with E-state index in [-0.39, 0.29) is 17.6 Å². The number of nitrogens with zero attached hydrogens (tertiary/aromatic N) is 1. The molecule has 0 aliphatic heterocycles. The van der Waals surface area contributed by atoms with Crippen molar-refractivity contribution >= 4 is 29.3 Å². The number of carbonyl (C=O) groups excluding carboxylic acids is 2. The second kappa shape index (κ2) is 10.6. The van der Waals surface area contributed by atoms with Gasteiger partial charge in [0.1, 0.15) is 5.03 Å². The molecule has 1 aromatic heterocycles. The number of benzene rings is 2. The fraction of sp³-hybridized carbons (Fsp3) is 0.208. The van der Waals surface area contributed by atoms with E-state index in [0.29, 0.717) is 17.1 Å². The number of nitrogens with one attached hydrogen (secondary N) is 2. The van der Waals surface area contributed by atoms with E-state index >= 15 is 0 Å². The summed E-state index contributed by atoms with van der Waals surface area (Å²) in [6.07, 6.45) is 0.782. The first-order valence-corrected chi connectivity index (χ1v) is 10.8. The topological polar surface area (TPSA) is 71.1 Å². The first-order chi connectivity index (χ1) is 14.5. The maximum atomic E-state index is 12.9. The Morgan fingerprint density at radius 1 is 0.967 bits per heavy atom. The fourth-order valence-corrected chi connectivity index (χ4v) is 4.05. The number of thioether (sulfide) groups is 1. The van der Waals surface area contributed by atoms with Crippen molar-refractivity contribution in [2.75, 3.05) is 17.6 Å². The number of anilines is 1. The van der Waals surface area contributed by atoms with Crippen molar-refractivity contribution in [1.29, 1.82) is 0 Å². The molecule has 3 aromatic rings. The van der Waals surface area contributed by atoms with Gasteiger partial charge in [0.25, 0.3) is 5.91 Å². The molecule has 2 amide bonds. The summed E-state index contributed by atoms with van der Waals surface area (Å²) in [7, 11) is 0. The molecule has 2 N–H and O–H groups in total. The molecule has 0 bridgehead atoms. The van der Waals surface area contributed by atoms with Crippen LogP contribution >= 0.6 is 11.8 Å². The Kier molecular flexibility index (Phi) is 7.63. The smallest absolute Gasteiger partial charge is 0.258 e. The van der Waals surface area contributed by atoms with E-state index in [0.717, 1.165) is 23.4 Å². The Morgan fingerprint density at radius 3 is 2.33 bits per heavy atom. The van der Waals surface area contributed by atoms with Crippen LogP contribution in [0.15, 0.2) is 71.8 Å². The van der Waals surface area contributed by atoms with Gasteiger partial charge in [-0.05, 0) is 49.6 Å². The van der Waals surface area contributed by atoms with Gasteiger partial charge in [-0.25, -0.2) is 4.98 Å². The predicted molar refractivity (Wildman–Crippen MR) is 122 cm³/mol. The highest BCUT2D eigenvalue weighted by Gasteiger charge is 2.18. The second-order valence-electron chi connectivity index (χ2n) is 6.96. The minimum atomic E-state index is -0.224. The number of rotatable bonds is 8. The molecule has 0 aliphatic carbocycles. The Balaban J connectivity index is 1.62. The van der Waals surface area contributed by atoms with Crippen molar-refractivity contribution in [1.82, 2.24) is 10.3 Å². The zero-order chi connectivity index (χ0) is 21.3. The zero-order valence-electron chi connectivity index (χ0n) is 17.1. The lowest BCUT2D eigenvalue weighted by molar-refractivity contribution is -0.118. The molecule has 1 heterocycles. The van der Waals surface area contributed by atoms with E-state index in [1.807, 2.05) is 80.6 Å². The van der Waals surface area contributed by atoms with Crippen LogP contribution in [0.5, 0.6) is 0 Å². The third kappa shape index (κ3) is 6.19. The van der Waals surface area contributed by atoms with E-state index < -0.39 is 0 Å². The molecule has 0 radical (unpaired) electrons. The van der Waals surface area contributed by atoms with Crippen LogP contribution < -0.4 is 10.6 Å². The summed E-state index contributed by atoms with van der Waals surface area (Å²) in [5.41, 5.74) is 4.06. The number of hydrogen-bond donors (Lipinski definition) is 2. The van der Waals surface area contributed by atoms with Gasteiger partial charge in [0, 0.05) is 17.9 Å². The molecule has 0 aliphatic rings. The molecule has 0 spiro atoms. The van der Waals surface area contributed by atoms with Crippen LogP contribution in [0.3, 0.4) is 0 Å². The van der Waals surface area contributed by atoms with E-state index in [1.165, 1.54) is 17.3 Å². The van der Waals surface area contributed by atoms with E-state index in [1.54, 1.807) is 0 Å². The van der Waals surface area contributed by atoms with Gasteiger partial charge in [0.15, 0.2) is 0 Å². The van der Waals surface area contributed by atoms with E-state index in [4.69, 9.17) is 0 Å². The highest BCUT2D eigenvalue weighted by molar-refractivity contribution is 8.00. The van der Waals surface area contributed by atoms with Crippen molar-refractivity contribution in [3.63, 3.8) is 0 Å². The molecule has 3 rings (SSSR count). The SMILES string of the molecule is Cc1cc(C)c(C(=O)Nc2ccccc2)c(SCC(=O)NCCc2ccccc2)n1. The lowest BCUT2D eigenvalue weighted by Crippen LogP contribution is -2.27. The quantitative estimate of drug-likeness (QED) is 0.531. The lowest BCUT2D eigenvalue weighted by Gasteiger charge is -2.13. The zero-order valence-corrected chi connectivity index (χ0v) is 18.0. The Morgan fingerprint density at radius 2 is 1.63 bits per heavy atom. The molecule has 30 heavy (non-hydrogen) atoms. The number of aryl methyl sites for hydroxylation is 2. The van der Waals surface area contributed by atoms with E-state index in [9.17, 15) is 9.59 Å². The van der Waals surface area contributed by atoms with Gasteiger partial charge < -0.3 is 10.6 Å². The normalized spacial score (nSPS) is 10.5. The van der Waals surface area contributed by atoms with Crippen molar-refractivity contribution in [3.05, 3.63) is 89.1 Å². The lowest BCUT2D eigenvalue weighted by atomic mass is 10.1. The highest BCUT2D eigenvalue weighted by Crippen LogP contribution is 2.25. The first-order valence-electron chi connectivity index (χ1n) is 9.81. The molecule has 0 unspecified atom stereocenters. The second-order valence-corrected chi connectivity index (χ2v) is 7.92. The van der Waals surface area contributed by atoms with Gasteiger partial charge >= 0.3 is 0 Å². The Bertz CT molecular complexity index is 1010. The molecule has 5 nitrogen and oxygen atoms in total. The number of para-hydroxylation sites is 1. The van der Waals surface area contributed by atoms with Crippen LogP contribution in [-0.2, 0) is 11.2 Å². The summed E-state index contributed by atoms with van der Waals surface area (Å²) in [6, 6.07) is 21.2. The molecule has 154 valence electrons. The van der Waals surface area contributed by atoms with E-state index in [2.05, 4.69) is 15.6 Å². The Labute approximate surface area is 181 Å². The Hall–Kier alpha value is -3.12. The predicted octanol–water partition coefficient (Wildman–Crippen LogP) is 4.40. The number of pyridine rings is 1. The van der Waals surface area contributed by atoms with Gasteiger partial charge in [-0.2, -0.15) is 0 Å². The molecule has 2 aromatic carbocycles. The highest BCUT2D eigenvalue weighted by atomic mass is 32.2. The van der Waals surface area contributed by atoms with Gasteiger partial charge in [0.05, 0.1) is 11.3 Å². The fourth-order valence-electron chi connectivity index (χ4n) is 3.07. The monoisotopic (exact) mass is 419 g/mol. The van der Waals surface area contributed by atoms with Gasteiger partial charge in [-0.3, -0.25) is 9.59 Å². The van der Waals surface area contributed by atoms with Crippen LogP contribution in [0.1, 0.15) is 27.2 Å². The van der Waals surface area contributed by atoms with Crippen molar-refractivity contribution in [2.24, 2.45) is 0 Å². The first kappa shape index (κ1) is 21.6. The van der Waals surface area contributed by atoms with Gasteiger partial charge in [-0.15, -0.1) is 0 Å². The summed E-state index contributed by atoms with van der Waals surface area (Å²) < 4.78 is 0. The number of amides is 2. The maximum absolute atomic E-state index is 12.9. The molecular weight excluding hydrogens is 394 g/mol. The number of hydrogen-bond acceptors (Lipinski definition) is 4. The van der Waals surface area contributed by atoms with Crippen LogP contribution in [0.2, 0.25) is 0 Å². The number of carbonyl (C=O) groups is 2. The summed E-state index contributed by atoms with van der Waals surface area (Å²) >= 11 is 1.28. The molecule has 0 atom stereocenters. The average molecular weight is 420 g/mol. The molecule has 0 saturated heterocycles. The van der Waals surface area contributed by atoms with Crippen LogP contribution in [0.25, 0.3) is 0 Å². The summed E-state index contributed by atoms with van der Waals surface area (Å²) in [5.74, 6) is -0.0967. The van der Waals surface area contributed by atoms with Crippen molar-refractivity contribution in [2.45, 2.75) is 25.3 Å². The summed E-state index contributed by atoms with van der Waals surface area (Å²) in [6.45, 7) is 4.35. The minimum absolute atomic E-state index is 0.0775. The van der Waals surface area contributed by atoms with Crippen LogP contribution in [0.4, 0.5) is 5.69 Å².